The van der Waals surface area contributed by atoms with Crippen LogP contribution in [0.2, 0.25) is 0 Å². The molecule has 0 fully saturated rings. The topological polar surface area (TPSA) is 29.9 Å². The van der Waals surface area contributed by atoms with Crippen LogP contribution < -0.4 is 5.32 Å². The molecule has 0 aliphatic heterocycles. The maximum atomic E-state index is 14.1. The monoisotopic (exact) mass is 261 g/mol. The predicted molar refractivity (Wildman–Crippen MR) is 74.6 cm³/mol. The second-order valence-electron chi connectivity index (χ2n) is 4.65. The Hall–Kier alpha value is -1.68. The zero-order chi connectivity index (χ0) is 13.8. The predicted octanol–water partition coefficient (Wildman–Crippen LogP) is 3.05. The van der Waals surface area contributed by atoms with E-state index in [0.717, 1.165) is 24.2 Å². The quantitative estimate of drug-likeness (QED) is 0.896. The molecule has 0 radical (unpaired) electrons. The van der Waals surface area contributed by atoms with Crippen molar-refractivity contribution in [1.29, 1.82) is 0 Å². The summed E-state index contributed by atoms with van der Waals surface area (Å²) in [6.07, 6.45) is 3.77. The Kier molecular flexibility index (Phi) is 4.32. The minimum Gasteiger partial charge on any atom is -0.306 e. The van der Waals surface area contributed by atoms with E-state index in [1.807, 2.05) is 37.7 Å². The van der Waals surface area contributed by atoms with Gasteiger partial charge >= 0.3 is 0 Å². The minimum absolute atomic E-state index is 0.148. The van der Waals surface area contributed by atoms with Crippen LogP contribution in [0.5, 0.6) is 0 Å². The smallest absolute Gasteiger partial charge is 0.128 e. The molecule has 1 atom stereocenters. The van der Waals surface area contributed by atoms with Crippen molar-refractivity contribution in [3.05, 3.63) is 53.1 Å². The number of nitrogens with zero attached hydrogens (tertiary/aromatic N) is 2. The highest BCUT2D eigenvalue weighted by Crippen LogP contribution is 2.25. The zero-order valence-electron chi connectivity index (χ0n) is 11.7. The van der Waals surface area contributed by atoms with Gasteiger partial charge in [-0.2, -0.15) is 5.10 Å². The van der Waals surface area contributed by atoms with Crippen LogP contribution in [0, 0.1) is 12.7 Å². The van der Waals surface area contributed by atoms with Crippen LogP contribution >= 0.6 is 0 Å². The Balaban J connectivity index is 2.41. The molecule has 1 N–H and O–H groups in total. The summed E-state index contributed by atoms with van der Waals surface area (Å²) in [5, 5.41) is 7.60. The van der Waals surface area contributed by atoms with Crippen molar-refractivity contribution >= 4 is 0 Å². The molecule has 19 heavy (non-hydrogen) atoms. The van der Waals surface area contributed by atoms with Crippen molar-refractivity contribution < 1.29 is 4.39 Å². The fourth-order valence-corrected chi connectivity index (χ4v) is 2.20. The molecule has 102 valence electrons. The van der Waals surface area contributed by atoms with E-state index in [-0.39, 0.29) is 11.9 Å². The molecule has 1 aromatic carbocycles. The molecular weight excluding hydrogens is 241 g/mol. The van der Waals surface area contributed by atoms with Gasteiger partial charge in [0.05, 0.1) is 12.2 Å². The van der Waals surface area contributed by atoms with E-state index in [9.17, 15) is 4.39 Å². The maximum Gasteiger partial charge on any atom is 0.128 e. The van der Waals surface area contributed by atoms with Crippen molar-refractivity contribution in [3.63, 3.8) is 0 Å². The van der Waals surface area contributed by atoms with Gasteiger partial charge in [-0.1, -0.05) is 24.6 Å². The highest BCUT2D eigenvalue weighted by molar-refractivity contribution is 5.33. The lowest BCUT2D eigenvalue weighted by Crippen LogP contribution is -2.22. The fourth-order valence-electron chi connectivity index (χ4n) is 2.20. The molecule has 4 heteroatoms. The molecular formula is C15H20FN3. The van der Waals surface area contributed by atoms with Gasteiger partial charge in [0.1, 0.15) is 5.82 Å². The summed E-state index contributed by atoms with van der Waals surface area (Å²) in [4.78, 5) is 0. The zero-order valence-corrected chi connectivity index (χ0v) is 11.7. The Bertz CT molecular complexity index is 548. The SMILES string of the molecule is CCNC(c1cnn(CC)c1)c1cc(C)ccc1F. The number of halogens is 1. The van der Waals surface area contributed by atoms with Gasteiger partial charge in [-0.15, -0.1) is 0 Å². The summed E-state index contributed by atoms with van der Waals surface area (Å²) >= 11 is 0. The number of hydrogen-bond acceptors (Lipinski definition) is 2. The van der Waals surface area contributed by atoms with Gasteiger partial charge in [-0.05, 0) is 26.5 Å². The third kappa shape index (κ3) is 3.01. The van der Waals surface area contributed by atoms with Crippen LogP contribution in [0.3, 0.4) is 0 Å². The molecule has 1 heterocycles. The van der Waals surface area contributed by atoms with E-state index < -0.39 is 0 Å². The third-order valence-electron chi connectivity index (χ3n) is 3.18. The molecule has 1 aromatic heterocycles. The summed E-state index contributed by atoms with van der Waals surface area (Å²) in [5.41, 5.74) is 2.73. The fraction of sp³-hybridized carbons (Fsp3) is 0.400. The standard InChI is InChI=1S/C15H20FN3/c1-4-17-15(12-9-18-19(5-2)10-12)13-8-11(3)6-7-14(13)16/h6-10,15,17H,4-5H2,1-3H3. The number of rotatable bonds is 5. The van der Waals surface area contributed by atoms with Gasteiger partial charge in [0, 0.05) is 23.9 Å². The van der Waals surface area contributed by atoms with E-state index in [1.54, 1.807) is 12.3 Å². The molecule has 0 spiro atoms. The molecule has 0 aliphatic rings. The first kappa shape index (κ1) is 13.7. The number of nitrogens with one attached hydrogen (secondary N) is 1. The molecule has 0 bridgehead atoms. The average molecular weight is 261 g/mol. The van der Waals surface area contributed by atoms with Crippen LogP contribution in [-0.2, 0) is 6.54 Å². The van der Waals surface area contributed by atoms with Crippen molar-refractivity contribution in [1.82, 2.24) is 15.1 Å². The summed E-state index contributed by atoms with van der Waals surface area (Å²) < 4.78 is 15.9. The van der Waals surface area contributed by atoms with Crippen molar-refractivity contribution in [2.75, 3.05) is 6.54 Å². The third-order valence-corrected chi connectivity index (χ3v) is 3.18. The van der Waals surface area contributed by atoms with Crippen LogP contribution in [0.25, 0.3) is 0 Å². The van der Waals surface area contributed by atoms with Gasteiger partial charge in [-0.25, -0.2) is 4.39 Å². The van der Waals surface area contributed by atoms with Crippen molar-refractivity contribution in [3.8, 4) is 0 Å². The lowest BCUT2D eigenvalue weighted by molar-refractivity contribution is 0.557. The molecule has 2 aromatic rings. The normalized spacial score (nSPS) is 12.6. The van der Waals surface area contributed by atoms with E-state index in [1.165, 1.54) is 6.07 Å². The number of benzene rings is 1. The summed E-state index contributed by atoms with van der Waals surface area (Å²) in [6.45, 7) is 7.61. The van der Waals surface area contributed by atoms with Crippen molar-refractivity contribution in [2.24, 2.45) is 0 Å². The molecule has 3 nitrogen and oxygen atoms in total. The van der Waals surface area contributed by atoms with Crippen LogP contribution in [0.15, 0.2) is 30.6 Å². The van der Waals surface area contributed by atoms with E-state index in [4.69, 9.17) is 0 Å². The lowest BCUT2D eigenvalue weighted by Gasteiger charge is -2.18. The summed E-state index contributed by atoms with van der Waals surface area (Å²) in [6, 6.07) is 5.06. The molecule has 0 saturated carbocycles. The molecule has 0 aliphatic carbocycles. The Morgan fingerprint density at radius 2 is 2.16 bits per heavy atom. The summed E-state index contributed by atoms with van der Waals surface area (Å²) in [7, 11) is 0. The van der Waals surface area contributed by atoms with Gasteiger partial charge in [0.25, 0.3) is 0 Å². The molecule has 0 amide bonds. The lowest BCUT2D eigenvalue weighted by atomic mass is 9.99. The highest BCUT2D eigenvalue weighted by Gasteiger charge is 2.18. The number of aromatic nitrogens is 2. The largest absolute Gasteiger partial charge is 0.306 e. The van der Waals surface area contributed by atoms with Gasteiger partial charge < -0.3 is 5.32 Å². The van der Waals surface area contributed by atoms with Gasteiger partial charge in [0.15, 0.2) is 0 Å². The van der Waals surface area contributed by atoms with E-state index in [0.29, 0.717) is 5.56 Å². The Morgan fingerprint density at radius 3 is 2.79 bits per heavy atom. The van der Waals surface area contributed by atoms with E-state index in [2.05, 4.69) is 10.4 Å². The van der Waals surface area contributed by atoms with Crippen molar-refractivity contribution in [2.45, 2.75) is 33.4 Å². The van der Waals surface area contributed by atoms with Gasteiger partial charge in [0.2, 0.25) is 0 Å². The highest BCUT2D eigenvalue weighted by atomic mass is 19.1. The number of hydrogen-bond donors (Lipinski definition) is 1. The first-order valence-corrected chi connectivity index (χ1v) is 6.67. The maximum absolute atomic E-state index is 14.1. The first-order chi connectivity index (χ1) is 9.15. The second kappa shape index (κ2) is 5.97. The average Bonchev–Trinajstić information content (AvgIpc) is 2.88. The van der Waals surface area contributed by atoms with Crippen LogP contribution in [-0.4, -0.2) is 16.3 Å². The van der Waals surface area contributed by atoms with Crippen LogP contribution in [0.1, 0.15) is 36.6 Å². The second-order valence-corrected chi connectivity index (χ2v) is 4.65. The number of aryl methyl sites for hydroxylation is 2. The van der Waals surface area contributed by atoms with E-state index >= 15 is 0 Å². The molecule has 2 rings (SSSR count). The summed E-state index contributed by atoms with van der Waals surface area (Å²) in [5.74, 6) is -0.180. The first-order valence-electron chi connectivity index (χ1n) is 6.67. The molecule has 1 unspecified atom stereocenters. The Labute approximate surface area is 113 Å². The molecule has 0 saturated heterocycles. The Morgan fingerprint density at radius 1 is 1.37 bits per heavy atom. The minimum atomic E-state index is -0.180. The van der Waals surface area contributed by atoms with Gasteiger partial charge in [-0.3, -0.25) is 4.68 Å². The van der Waals surface area contributed by atoms with Crippen LogP contribution in [0.4, 0.5) is 4.39 Å².